The predicted octanol–water partition coefficient (Wildman–Crippen LogP) is 4.60. The Labute approximate surface area is 95.8 Å². The van der Waals surface area contributed by atoms with Crippen molar-refractivity contribution in [3.63, 3.8) is 0 Å². The standard InChI is InChI=1S/C15H28/c1-6-10(4)12-7-14(12)15-8-13(15)11(5)9(2)3/h9-15H,6-8H2,1-5H3. The van der Waals surface area contributed by atoms with E-state index in [2.05, 4.69) is 34.6 Å². The molecule has 0 heterocycles. The van der Waals surface area contributed by atoms with E-state index in [1.165, 1.54) is 6.42 Å². The maximum absolute atomic E-state index is 2.47. The van der Waals surface area contributed by atoms with Crippen LogP contribution in [0.4, 0.5) is 0 Å². The first-order valence-corrected chi connectivity index (χ1v) is 7.06. The number of hydrogen-bond acceptors (Lipinski definition) is 0. The Morgan fingerprint density at radius 2 is 1.47 bits per heavy atom. The molecular formula is C15H28. The molecule has 0 aliphatic heterocycles. The van der Waals surface area contributed by atoms with Crippen molar-refractivity contribution in [2.24, 2.45) is 41.4 Å². The zero-order valence-corrected chi connectivity index (χ0v) is 11.2. The van der Waals surface area contributed by atoms with Gasteiger partial charge in [0.25, 0.3) is 0 Å². The molecule has 0 spiro atoms. The molecule has 2 fully saturated rings. The van der Waals surface area contributed by atoms with Crippen molar-refractivity contribution in [3.05, 3.63) is 0 Å². The van der Waals surface area contributed by atoms with E-state index in [0.29, 0.717) is 0 Å². The van der Waals surface area contributed by atoms with Crippen LogP contribution < -0.4 is 0 Å². The van der Waals surface area contributed by atoms with Crippen molar-refractivity contribution in [2.45, 2.75) is 53.9 Å². The highest BCUT2D eigenvalue weighted by Gasteiger charge is 2.55. The Hall–Kier alpha value is 0. The minimum atomic E-state index is 0.890. The first-order chi connectivity index (χ1) is 7.06. The van der Waals surface area contributed by atoms with E-state index in [0.717, 1.165) is 41.4 Å². The maximum atomic E-state index is 2.47. The highest BCUT2D eigenvalue weighted by atomic mass is 14.6. The lowest BCUT2D eigenvalue weighted by Gasteiger charge is -2.15. The van der Waals surface area contributed by atoms with Gasteiger partial charge in [0.2, 0.25) is 0 Å². The summed E-state index contributed by atoms with van der Waals surface area (Å²) in [6.45, 7) is 12.0. The Kier molecular flexibility index (Phi) is 3.14. The van der Waals surface area contributed by atoms with Crippen LogP contribution in [0.5, 0.6) is 0 Å². The van der Waals surface area contributed by atoms with Crippen molar-refractivity contribution < 1.29 is 0 Å². The van der Waals surface area contributed by atoms with E-state index < -0.39 is 0 Å². The summed E-state index contributed by atoms with van der Waals surface area (Å²) in [5, 5.41) is 0. The molecule has 0 radical (unpaired) electrons. The summed E-state index contributed by atoms with van der Waals surface area (Å²) < 4.78 is 0. The van der Waals surface area contributed by atoms with E-state index >= 15 is 0 Å². The normalized spacial score (nSPS) is 42.8. The van der Waals surface area contributed by atoms with Gasteiger partial charge in [0, 0.05) is 0 Å². The van der Waals surface area contributed by atoms with Crippen molar-refractivity contribution in [1.29, 1.82) is 0 Å². The van der Waals surface area contributed by atoms with Gasteiger partial charge in [-0.15, -0.1) is 0 Å². The molecule has 0 amide bonds. The molecule has 0 aromatic heterocycles. The van der Waals surface area contributed by atoms with Crippen molar-refractivity contribution in [2.75, 3.05) is 0 Å². The van der Waals surface area contributed by atoms with Gasteiger partial charge in [0.05, 0.1) is 0 Å². The molecule has 0 aromatic rings. The monoisotopic (exact) mass is 208 g/mol. The van der Waals surface area contributed by atoms with Crippen LogP contribution in [-0.2, 0) is 0 Å². The van der Waals surface area contributed by atoms with Crippen LogP contribution in [0.2, 0.25) is 0 Å². The van der Waals surface area contributed by atoms with Gasteiger partial charge in [-0.1, -0.05) is 41.0 Å². The maximum Gasteiger partial charge on any atom is -0.0349 e. The highest BCUT2D eigenvalue weighted by molar-refractivity contribution is 5.04. The van der Waals surface area contributed by atoms with Gasteiger partial charge in [0.15, 0.2) is 0 Å². The molecule has 2 aliphatic rings. The van der Waals surface area contributed by atoms with Gasteiger partial charge in [-0.05, 0) is 54.3 Å². The van der Waals surface area contributed by atoms with Crippen LogP contribution in [0.3, 0.4) is 0 Å². The Morgan fingerprint density at radius 1 is 0.933 bits per heavy atom. The van der Waals surface area contributed by atoms with E-state index in [4.69, 9.17) is 0 Å². The average Bonchev–Trinajstić information content (AvgIpc) is 3.04. The molecule has 2 rings (SSSR count). The largest absolute Gasteiger partial charge is 0.0651 e. The van der Waals surface area contributed by atoms with E-state index in [-0.39, 0.29) is 0 Å². The van der Waals surface area contributed by atoms with Gasteiger partial charge >= 0.3 is 0 Å². The van der Waals surface area contributed by atoms with E-state index in [1.807, 2.05) is 0 Å². The Balaban J connectivity index is 1.77. The zero-order valence-electron chi connectivity index (χ0n) is 11.2. The first-order valence-electron chi connectivity index (χ1n) is 7.06. The summed E-state index contributed by atoms with van der Waals surface area (Å²) in [6.07, 6.45) is 4.50. The molecule has 15 heavy (non-hydrogen) atoms. The molecule has 0 heteroatoms. The topological polar surface area (TPSA) is 0 Å². The molecule has 0 bridgehead atoms. The third-order valence-electron chi connectivity index (χ3n) is 5.43. The third kappa shape index (κ3) is 2.24. The molecule has 2 saturated carbocycles. The van der Waals surface area contributed by atoms with Gasteiger partial charge in [0.1, 0.15) is 0 Å². The molecule has 6 atom stereocenters. The number of rotatable bonds is 5. The summed E-state index contributed by atoms with van der Waals surface area (Å²) in [4.78, 5) is 0. The summed E-state index contributed by atoms with van der Waals surface area (Å²) >= 11 is 0. The van der Waals surface area contributed by atoms with Gasteiger partial charge in [-0.2, -0.15) is 0 Å². The Morgan fingerprint density at radius 3 is 2.00 bits per heavy atom. The fraction of sp³-hybridized carbons (Fsp3) is 1.00. The molecule has 0 nitrogen and oxygen atoms in total. The van der Waals surface area contributed by atoms with Gasteiger partial charge < -0.3 is 0 Å². The average molecular weight is 208 g/mol. The van der Waals surface area contributed by atoms with E-state index in [9.17, 15) is 0 Å². The minimum Gasteiger partial charge on any atom is -0.0651 e. The van der Waals surface area contributed by atoms with Crippen molar-refractivity contribution >= 4 is 0 Å². The first kappa shape index (κ1) is 11.5. The summed E-state index contributed by atoms with van der Waals surface area (Å²) in [7, 11) is 0. The quantitative estimate of drug-likeness (QED) is 0.619. The second-order valence-electron chi connectivity index (χ2n) is 6.62. The summed E-state index contributed by atoms with van der Waals surface area (Å²) in [5.41, 5.74) is 0. The molecule has 2 aliphatic carbocycles. The molecule has 6 unspecified atom stereocenters. The van der Waals surface area contributed by atoms with E-state index in [1.54, 1.807) is 12.8 Å². The lowest BCUT2D eigenvalue weighted by molar-refractivity contribution is 0.337. The lowest BCUT2D eigenvalue weighted by Crippen LogP contribution is -2.08. The predicted molar refractivity (Wildman–Crippen MR) is 66.7 cm³/mol. The zero-order chi connectivity index (χ0) is 11.2. The van der Waals surface area contributed by atoms with Crippen molar-refractivity contribution in [1.82, 2.24) is 0 Å². The van der Waals surface area contributed by atoms with Crippen LogP contribution >= 0.6 is 0 Å². The summed E-state index contributed by atoms with van der Waals surface area (Å²) in [5.74, 6) is 7.29. The van der Waals surface area contributed by atoms with Crippen LogP contribution in [0.15, 0.2) is 0 Å². The molecule has 0 saturated heterocycles. The fourth-order valence-electron chi connectivity index (χ4n) is 3.51. The van der Waals surface area contributed by atoms with Crippen LogP contribution in [-0.4, -0.2) is 0 Å². The second-order valence-corrected chi connectivity index (χ2v) is 6.62. The minimum absolute atomic E-state index is 0.890. The molecule has 0 N–H and O–H groups in total. The fourth-order valence-corrected chi connectivity index (χ4v) is 3.51. The third-order valence-corrected chi connectivity index (χ3v) is 5.43. The Bertz CT molecular complexity index is 218. The number of hydrogen-bond donors (Lipinski definition) is 0. The van der Waals surface area contributed by atoms with Gasteiger partial charge in [-0.3, -0.25) is 0 Å². The smallest absolute Gasteiger partial charge is 0.0349 e. The summed E-state index contributed by atoms with van der Waals surface area (Å²) in [6, 6.07) is 0. The molecule has 0 aromatic carbocycles. The molecular weight excluding hydrogens is 180 g/mol. The highest BCUT2D eigenvalue weighted by Crippen LogP contribution is 2.63. The lowest BCUT2D eigenvalue weighted by atomic mass is 9.90. The van der Waals surface area contributed by atoms with Crippen LogP contribution in [0.25, 0.3) is 0 Å². The van der Waals surface area contributed by atoms with Crippen molar-refractivity contribution in [3.8, 4) is 0 Å². The van der Waals surface area contributed by atoms with Crippen LogP contribution in [0, 0.1) is 41.4 Å². The SMILES string of the molecule is CCC(C)C1CC1C1CC1C(C)C(C)C. The molecule has 88 valence electrons. The second kappa shape index (κ2) is 4.11. The van der Waals surface area contributed by atoms with Crippen LogP contribution in [0.1, 0.15) is 53.9 Å². The van der Waals surface area contributed by atoms with Gasteiger partial charge in [-0.25, -0.2) is 0 Å².